The summed E-state index contributed by atoms with van der Waals surface area (Å²) in [4.78, 5) is 43.5. The maximum atomic E-state index is 13.3. The zero-order chi connectivity index (χ0) is 36.8. The van der Waals surface area contributed by atoms with Crippen LogP contribution in [0.3, 0.4) is 0 Å². The predicted octanol–water partition coefficient (Wildman–Crippen LogP) is 8.60. The molecule has 5 rings (SSSR count). The zero-order valence-electron chi connectivity index (χ0n) is 26.5. The van der Waals surface area contributed by atoms with Gasteiger partial charge in [0, 0.05) is 23.6 Å². The summed E-state index contributed by atoms with van der Waals surface area (Å²) < 4.78 is 12.9. The van der Waals surface area contributed by atoms with Gasteiger partial charge in [-0.25, -0.2) is 19.7 Å². The quantitative estimate of drug-likeness (QED) is 0.0540. The van der Waals surface area contributed by atoms with Crippen LogP contribution in [-0.2, 0) is 26.6 Å². The monoisotopic (exact) mass is 867 g/mol. The van der Waals surface area contributed by atoms with Crippen molar-refractivity contribution in [3.8, 4) is 11.4 Å². The van der Waals surface area contributed by atoms with Gasteiger partial charge in [-0.15, -0.1) is 0 Å². The number of alkyl halides is 6. The molecule has 0 radical (unpaired) electrons. The van der Waals surface area contributed by atoms with E-state index in [1.54, 1.807) is 30.0 Å². The molecule has 0 aliphatic carbocycles. The Morgan fingerprint density at radius 1 is 0.824 bits per heavy atom. The lowest BCUT2D eigenvalue weighted by molar-refractivity contribution is -0.122. The lowest BCUT2D eigenvalue weighted by Crippen LogP contribution is -2.32. The van der Waals surface area contributed by atoms with Gasteiger partial charge in [-0.2, -0.15) is 0 Å². The van der Waals surface area contributed by atoms with Crippen LogP contribution in [0.4, 0.5) is 5.69 Å². The number of amides is 1. The van der Waals surface area contributed by atoms with E-state index in [2.05, 4.69) is 32.0 Å². The molecule has 10 nitrogen and oxygen atoms in total. The second kappa shape index (κ2) is 18.0. The van der Waals surface area contributed by atoms with Crippen molar-refractivity contribution in [1.29, 1.82) is 0 Å². The van der Waals surface area contributed by atoms with Gasteiger partial charge in [0.15, 0.2) is 17.5 Å². The van der Waals surface area contributed by atoms with Gasteiger partial charge in [0.1, 0.15) is 10.9 Å². The van der Waals surface area contributed by atoms with Crippen LogP contribution in [0.15, 0.2) is 75.5 Å². The molecule has 3 heterocycles. The number of hydrogen-bond acceptors (Lipinski definition) is 12. The lowest BCUT2D eigenvalue weighted by Gasteiger charge is -2.20. The summed E-state index contributed by atoms with van der Waals surface area (Å²) in [5.74, 6) is -1.33. The Bertz CT molecular complexity index is 1810. The minimum absolute atomic E-state index is 0.0526. The molecule has 2 aromatic carbocycles. The van der Waals surface area contributed by atoms with Crippen LogP contribution in [0, 0.1) is 0 Å². The Morgan fingerprint density at radius 3 is 2.14 bits per heavy atom. The molecule has 270 valence electrons. The molecule has 0 unspecified atom stereocenters. The number of anilines is 1. The number of para-hydroxylation sites is 1. The summed E-state index contributed by atoms with van der Waals surface area (Å²) in [6.07, 6.45) is 3.68. The van der Waals surface area contributed by atoms with E-state index in [-0.39, 0.29) is 42.1 Å². The fourth-order valence-corrected chi connectivity index (χ4v) is 7.46. The fourth-order valence-electron chi connectivity index (χ4n) is 4.61. The van der Waals surface area contributed by atoms with E-state index in [0.29, 0.717) is 47.8 Å². The van der Waals surface area contributed by atoms with E-state index in [0.717, 1.165) is 15.6 Å². The van der Waals surface area contributed by atoms with E-state index in [4.69, 9.17) is 96.0 Å². The largest absolute Gasteiger partial charge is 0.460 e. The van der Waals surface area contributed by atoms with Crippen molar-refractivity contribution < 1.29 is 23.8 Å². The number of carbonyl (C=O) groups is 2. The molecule has 1 fully saturated rings. The van der Waals surface area contributed by atoms with Crippen LogP contribution in [0.2, 0.25) is 0 Å². The summed E-state index contributed by atoms with van der Waals surface area (Å²) in [6, 6.07) is 14.2. The first kappa shape index (κ1) is 40.3. The van der Waals surface area contributed by atoms with Gasteiger partial charge in [0.25, 0.3) is 5.91 Å². The standard InChI is InChI=1S/C32H27Cl6N5O5S3/c1-2-46-17-18-47-15-13-42-21-5-3-4-6-22(21)50-24(42)12-11-23-26(44)43(30(49)51-23)14-16-48-27(45)20-9-7-19(8-10-20)25-39-28(31(33,34)35)41-29(40-25)32(36,37)38/h3-12H,2,13-18H2,1H3. The summed E-state index contributed by atoms with van der Waals surface area (Å²) in [7, 11) is 0. The number of rotatable bonds is 13. The minimum atomic E-state index is -2.01. The first-order valence-corrected chi connectivity index (χ1v) is 19.4. The molecule has 0 spiro atoms. The average molecular weight is 871 g/mol. The van der Waals surface area contributed by atoms with Gasteiger partial charge >= 0.3 is 5.97 Å². The van der Waals surface area contributed by atoms with E-state index >= 15 is 0 Å². The Balaban J connectivity index is 1.18. The molecular weight excluding hydrogens is 843 g/mol. The first-order chi connectivity index (χ1) is 24.3. The number of halogens is 6. The molecule has 0 N–H and O–H groups in total. The Kier molecular flexibility index (Phi) is 14.2. The highest BCUT2D eigenvalue weighted by molar-refractivity contribution is 8.26. The van der Waals surface area contributed by atoms with Crippen molar-refractivity contribution in [2.45, 2.75) is 19.4 Å². The third-order valence-corrected chi connectivity index (χ3v) is 10.5. The fraction of sp³-hybridized carbons (Fsp3) is 0.312. The highest BCUT2D eigenvalue weighted by atomic mass is 35.6. The number of hydrogen-bond donors (Lipinski definition) is 0. The first-order valence-electron chi connectivity index (χ1n) is 15.1. The third kappa shape index (κ3) is 10.6. The normalized spacial score (nSPS) is 16.5. The maximum Gasteiger partial charge on any atom is 0.338 e. The molecule has 1 aromatic heterocycles. The van der Waals surface area contributed by atoms with Gasteiger partial charge in [-0.3, -0.25) is 9.69 Å². The van der Waals surface area contributed by atoms with Gasteiger partial charge in [0.2, 0.25) is 7.59 Å². The molecular formula is C32H27Cl6N5O5S3. The highest BCUT2D eigenvalue weighted by Gasteiger charge is 2.35. The SMILES string of the molecule is CCOCCOCCN1C(=CC=C2SC(=S)N(CCOC(=O)c3ccc(-c4nc(C(Cl)(Cl)Cl)nc(C(Cl)(Cl)Cl)n4)cc3)C2=O)Sc2ccccc21. The van der Waals surface area contributed by atoms with Crippen LogP contribution >= 0.6 is 105 Å². The van der Waals surface area contributed by atoms with Crippen LogP contribution < -0.4 is 4.90 Å². The van der Waals surface area contributed by atoms with E-state index in [9.17, 15) is 9.59 Å². The molecule has 1 amide bonds. The number of nitrogens with zero attached hydrogens (tertiary/aromatic N) is 5. The minimum Gasteiger partial charge on any atom is -0.460 e. The van der Waals surface area contributed by atoms with Crippen LogP contribution in [0.25, 0.3) is 11.4 Å². The average Bonchev–Trinajstić information content (AvgIpc) is 3.59. The summed E-state index contributed by atoms with van der Waals surface area (Å²) in [5, 5.41) is 0.960. The molecule has 0 bridgehead atoms. The van der Waals surface area contributed by atoms with Crippen molar-refractivity contribution in [3.63, 3.8) is 0 Å². The number of fused-ring (bicyclic) bond motifs is 1. The number of allylic oxidation sites excluding steroid dienone is 2. The predicted molar refractivity (Wildman–Crippen MR) is 209 cm³/mol. The number of carbonyl (C=O) groups excluding carboxylic acids is 2. The molecule has 51 heavy (non-hydrogen) atoms. The van der Waals surface area contributed by atoms with Gasteiger partial charge in [-0.05, 0) is 43.3 Å². The summed E-state index contributed by atoms with van der Waals surface area (Å²) in [6.45, 7) is 4.81. The maximum absolute atomic E-state index is 13.3. The van der Waals surface area contributed by atoms with Crippen molar-refractivity contribution >= 4 is 127 Å². The van der Waals surface area contributed by atoms with Crippen LogP contribution in [0.1, 0.15) is 28.9 Å². The molecule has 0 saturated carbocycles. The Labute approximate surface area is 338 Å². The highest BCUT2D eigenvalue weighted by Crippen LogP contribution is 2.46. The Morgan fingerprint density at radius 2 is 1.47 bits per heavy atom. The number of benzene rings is 2. The molecule has 2 aliphatic heterocycles. The van der Waals surface area contributed by atoms with Gasteiger partial charge < -0.3 is 19.1 Å². The second-order valence-electron chi connectivity index (χ2n) is 10.4. The molecule has 3 aromatic rings. The number of ether oxygens (including phenoxy) is 3. The number of esters is 1. The second-order valence-corrected chi connectivity index (χ2v) is 17.7. The van der Waals surface area contributed by atoms with Gasteiger partial charge in [-0.1, -0.05) is 130 Å². The molecule has 19 heteroatoms. The van der Waals surface area contributed by atoms with Crippen LogP contribution in [0.5, 0.6) is 0 Å². The number of aromatic nitrogens is 3. The zero-order valence-corrected chi connectivity index (χ0v) is 33.5. The number of thioether (sulfide) groups is 2. The number of thiocarbonyl (C=S) groups is 1. The Hall–Kier alpha value is -1.88. The van der Waals surface area contributed by atoms with E-state index in [1.165, 1.54) is 28.8 Å². The molecule has 2 aliphatic rings. The van der Waals surface area contributed by atoms with Crippen molar-refractivity contribution in [1.82, 2.24) is 19.9 Å². The molecule has 0 atom stereocenters. The third-order valence-electron chi connectivity index (χ3n) is 6.99. The lowest BCUT2D eigenvalue weighted by atomic mass is 10.1. The van der Waals surface area contributed by atoms with Crippen molar-refractivity contribution in [2.75, 3.05) is 51.0 Å². The van der Waals surface area contributed by atoms with Crippen molar-refractivity contribution in [3.05, 3.63) is 87.8 Å². The van der Waals surface area contributed by atoms with E-state index < -0.39 is 13.6 Å². The molecule has 1 saturated heterocycles. The topological polar surface area (TPSA) is 107 Å². The van der Waals surface area contributed by atoms with Crippen LogP contribution in [-0.4, -0.2) is 82.2 Å². The smallest absolute Gasteiger partial charge is 0.338 e. The summed E-state index contributed by atoms with van der Waals surface area (Å²) >= 11 is 44.1. The van der Waals surface area contributed by atoms with E-state index in [1.807, 2.05) is 25.1 Å². The van der Waals surface area contributed by atoms with Gasteiger partial charge in [0.05, 0.1) is 47.6 Å². The van der Waals surface area contributed by atoms with Crippen molar-refractivity contribution in [2.24, 2.45) is 0 Å². The summed E-state index contributed by atoms with van der Waals surface area (Å²) in [5.41, 5.74) is 1.73.